The molecule has 0 aromatic carbocycles. The summed E-state index contributed by atoms with van der Waals surface area (Å²) >= 11 is 0. The average Bonchev–Trinajstić information content (AvgIpc) is 2.88. The predicted octanol–water partition coefficient (Wildman–Crippen LogP) is 2.76. The Morgan fingerprint density at radius 1 is 1.40 bits per heavy atom. The van der Waals surface area contributed by atoms with Gasteiger partial charge in [-0.05, 0) is 25.0 Å². The maximum Gasteiger partial charge on any atom is 0.132 e. The summed E-state index contributed by atoms with van der Waals surface area (Å²) in [5.41, 5.74) is 7.86. The molecule has 0 aliphatic rings. The molecule has 2 heterocycles. The van der Waals surface area contributed by atoms with Crippen molar-refractivity contribution >= 4 is 5.82 Å². The highest BCUT2D eigenvalue weighted by atomic mass is 16.5. The van der Waals surface area contributed by atoms with E-state index in [2.05, 4.69) is 28.4 Å². The number of pyridine rings is 1. The summed E-state index contributed by atoms with van der Waals surface area (Å²) in [5.74, 6) is 0.959. The fraction of sp³-hybridized carbons (Fsp3) is 0.467. The molecule has 2 aromatic heterocycles. The van der Waals surface area contributed by atoms with Gasteiger partial charge in [-0.25, -0.2) is 9.97 Å². The molecule has 0 radical (unpaired) electrons. The number of ether oxygens (including phenoxy) is 1. The number of imidazole rings is 1. The van der Waals surface area contributed by atoms with E-state index in [1.54, 1.807) is 6.20 Å². The Morgan fingerprint density at radius 2 is 2.20 bits per heavy atom. The zero-order valence-electron chi connectivity index (χ0n) is 12.3. The van der Waals surface area contributed by atoms with Gasteiger partial charge in [0.1, 0.15) is 5.82 Å². The minimum Gasteiger partial charge on any atom is -0.383 e. The van der Waals surface area contributed by atoms with Gasteiger partial charge in [0.2, 0.25) is 0 Å². The number of nitrogens with two attached hydrogens (primary N) is 1. The van der Waals surface area contributed by atoms with E-state index in [1.807, 2.05) is 31.6 Å². The lowest BCUT2D eigenvalue weighted by atomic mass is 10.0. The van der Waals surface area contributed by atoms with Crippen LogP contribution in [0.3, 0.4) is 0 Å². The largest absolute Gasteiger partial charge is 0.383 e. The van der Waals surface area contributed by atoms with E-state index < -0.39 is 0 Å². The van der Waals surface area contributed by atoms with Crippen LogP contribution in [0, 0.1) is 5.92 Å². The molecule has 0 saturated carbocycles. The number of rotatable bonds is 6. The Labute approximate surface area is 119 Å². The van der Waals surface area contributed by atoms with Crippen LogP contribution in [0.4, 0.5) is 5.82 Å². The molecular formula is C15H22N4O. The SMILES string of the molecule is CCOCC(C(C)C)n1cncc1-c1cccnc1N. The first-order chi connectivity index (χ1) is 9.65. The maximum absolute atomic E-state index is 5.97. The summed E-state index contributed by atoms with van der Waals surface area (Å²) in [7, 11) is 0. The molecule has 20 heavy (non-hydrogen) atoms. The van der Waals surface area contributed by atoms with Crippen molar-refractivity contribution in [1.29, 1.82) is 0 Å². The molecule has 5 nitrogen and oxygen atoms in total. The van der Waals surface area contributed by atoms with Gasteiger partial charge in [0.15, 0.2) is 0 Å². The van der Waals surface area contributed by atoms with E-state index in [-0.39, 0.29) is 6.04 Å². The molecule has 0 bridgehead atoms. The molecule has 0 amide bonds. The van der Waals surface area contributed by atoms with Crippen LogP contribution < -0.4 is 5.73 Å². The van der Waals surface area contributed by atoms with E-state index in [9.17, 15) is 0 Å². The van der Waals surface area contributed by atoms with Gasteiger partial charge in [-0.2, -0.15) is 0 Å². The first-order valence-electron chi connectivity index (χ1n) is 6.95. The fourth-order valence-electron chi connectivity index (χ4n) is 2.24. The summed E-state index contributed by atoms with van der Waals surface area (Å²) in [6, 6.07) is 4.08. The molecule has 0 aliphatic carbocycles. The monoisotopic (exact) mass is 274 g/mol. The van der Waals surface area contributed by atoms with Crippen LogP contribution >= 0.6 is 0 Å². The Morgan fingerprint density at radius 3 is 2.85 bits per heavy atom. The van der Waals surface area contributed by atoms with Crippen molar-refractivity contribution in [3.8, 4) is 11.3 Å². The molecule has 108 valence electrons. The average molecular weight is 274 g/mol. The number of aromatic nitrogens is 3. The van der Waals surface area contributed by atoms with Crippen molar-refractivity contribution in [1.82, 2.24) is 14.5 Å². The Kier molecular flexibility index (Phi) is 4.74. The summed E-state index contributed by atoms with van der Waals surface area (Å²) in [6.45, 7) is 7.74. The van der Waals surface area contributed by atoms with E-state index >= 15 is 0 Å². The normalized spacial score (nSPS) is 12.8. The zero-order chi connectivity index (χ0) is 14.5. The summed E-state index contributed by atoms with van der Waals surface area (Å²) in [4.78, 5) is 8.42. The van der Waals surface area contributed by atoms with Crippen LogP contribution in [0.25, 0.3) is 11.3 Å². The lowest BCUT2D eigenvalue weighted by Crippen LogP contribution is -2.21. The van der Waals surface area contributed by atoms with Crippen LogP contribution in [-0.4, -0.2) is 27.7 Å². The van der Waals surface area contributed by atoms with E-state index in [1.165, 1.54) is 0 Å². The fourth-order valence-corrected chi connectivity index (χ4v) is 2.24. The lowest BCUT2D eigenvalue weighted by Gasteiger charge is -2.24. The second-order valence-electron chi connectivity index (χ2n) is 5.09. The van der Waals surface area contributed by atoms with Gasteiger partial charge in [-0.15, -0.1) is 0 Å². The van der Waals surface area contributed by atoms with E-state index in [0.717, 1.165) is 11.3 Å². The summed E-state index contributed by atoms with van der Waals surface area (Å²) in [6.07, 6.45) is 5.36. The van der Waals surface area contributed by atoms with Crippen molar-refractivity contribution in [3.63, 3.8) is 0 Å². The number of hydrogen-bond acceptors (Lipinski definition) is 4. The third kappa shape index (κ3) is 2.99. The second kappa shape index (κ2) is 6.52. The third-order valence-corrected chi connectivity index (χ3v) is 3.40. The van der Waals surface area contributed by atoms with Crippen molar-refractivity contribution in [2.45, 2.75) is 26.8 Å². The van der Waals surface area contributed by atoms with Crippen molar-refractivity contribution in [3.05, 3.63) is 30.9 Å². The first kappa shape index (κ1) is 14.5. The Bertz CT molecular complexity index is 550. The van der Waals surface area contributed by atoms with Crippen molar-refractivity contribution in [2.24, 2.45) is 5.92 Å². The molecular weight excluding hydrogens is 252 g/mol. The number of nitrogens with zero attached hydrogens (tertiary/aromatic N) is 3. The highest BCUT2D eigenvalue weighted by molar-refractivity contribution is 5.70. The summed E-state index contributed by atoms with van der Waals surface area (Å²) in [5, 5.41) is 0. The molecule has 5 heteroatoms. The van der Waals surface area contributed by atoms with Crippen LogP contribution in [0.1, 0.15) is 26.8 Å². The van der Waals surface area contributed by atoms with E-state index in [0.29, 0.717) is 24.9 Å². The predicted molar refractivity (Wildman–Crippen MR) is 80.2 cm³/mol. The highest BCUT2D eigenvalue weighted by Gasteiger charge is 2.20. The van der Waals surface area contributed by atoms with Gasteiger partial charge in [-0.1, -0.05) is 13.8 Å². The molecule has 0 aliphatic heterocycles. The quantitative estimate of drug-likeness (QED) is 0.879. The third-order valence-electron chi connectivity index (χ3n) is 3.40. The van der Waals surface area contributed by atoms with Gasteiger partial charge >= 0.3 is 0 Å². The van der Waals surface area contributed by atoms with E-state index in [4.69, 9.17) is 10.5 Å². The zero-order valence-corrected chi connectivity index (χ0v) is 12.3. The number of nitrogen functional groups attached to an aromatic ring is 1. The van der Waals surface area contributed by atoms with Crippen molar-refractivity contribution in [2.75, 3.05) is 18.9 Å². The van der Waals surface area contributed by atoms with Gasteiger partial charge in [0.25, 0.3) is 0 Å². The Balaban J connectivity index is 2.38. The molecule has 0 fully saturated rings. The Hall–Kier alpha value is -1.88. The highest BCUT2D eigenvalue weighted by Crippen LogP contribution is 2.29. The molecule has 0 saturated heterocycles. The first-order valence-corrected chi connectivity index (χ1v) is 6.95. The van der Waals surface area contributed by atoms with Crippen molar-refractivity contribution < 1.29 is 4.74 Å². The van der Waals surface area contributed by atoms with Crippen LogP contribution in [0.2, 0.25) is 0 Å². The smallest absolute Gasteiger partial charge is 0.132 e. The maximum atomic E-state index is 5.97. The molecule has 2 N–H and O–H groups in total. The topological polar surface area (TPSA) is 66.0 Å². The minimum absolute atomic E-state index is 0.229. The van der Waals surface area contributed by atoms with Gasteiger partial charge < -0.3 is 15.0 Å². The van der Waals surface area contributed by atoms with Gasteiger partial charge in [0, 0.05) is 18.4 Å². The van der Waals surface area contributed by atoms with Crippen LogP contribution in [-0.2, 0) is 4.74 Å². The number of anilines is 1. The second-order valence-corrected chi connectivity index (χ2v) is 5.09. The summed E-state index contributed by atoms with van der Waals surface area (Å²) < 4.78 is 7.74. The minimum atomic E-state index is 0.229. The van der Waals surface area contributed by atoms with Gasteiger partial charge in [-0.3, -0.25) is 0 Å². The molecule has 0 spiro atoms. The molecule has 1 unspecified atom stereocenters. The molecule has 2 aromatic rings. The number of hydrogen-bond donors (Lipinski definition) is 1. The van der Waals surface area contributed by atoms with Crippen LogP contribution in [0.5, 0.6) is 0 Å². The van der Waals surface area contributed by atoms with Crippen LogP contribution in [0.15, 0.2) is 30.9 Å². The standard InChI is InChI=1S/C15H22N4O/c1-4-20-9-14(11(2)3)19-10-17-8-13(19)12-6-5-7-18-15(12)16/h5-8,10-11,14H,4,9H2,1-3H3,(H2,16,18). The molecule has 2 rings (SSSR count). The molecule has 1 atom stereocenters. The lowest BCUT2D eigenvalue weighted by molar-refractivity contribution is 0.0970. The van der Waals surface area contributed by atoms with Gasteiger partial charge in [0.05, 0.1) is 30.9 Å².